The van der Waals surface area contributed by atoms with Crippen molar-refractivity contribution in [2.45, 2.75) is 39.7 Å². The number of phenolic OH excluding ortho intramolecular Hbond substituents is 1. The zero-order valence-corrected chi connectivity index (χ0v) is 21.9. The van der Waals surface area contributed by atoms with Gasteiger partial charge in [0.25, 0.3) is 5.91 Å². The quantitative estimate of drug-likeness (QED) is 0.449. The fraction of sp³-hybridized carbons (Fsp3) is 0.407. The zero-order valence-electron chi connectivity index (χ0n) is 21.9. The van der Waals surface area contributed by atoms with Gasteiger partial charge in [0.2, 0.25) is 5.82 Å². The Morgan fingerprint density at radius 3 is 2.46 bits per heavy atom. The lowest BCUT2D eigenvalue weighted by Crippen LogP contribution is -2.32. The van der Waals surface area contributed by atoms with E-state index in [0.717, 1.165) is 24.2 Å². The Morgan fingerprint density at radius 1 is 1.14 bits per heavy atom. The smallest absolute Gasteiger partial charge is 0.289 e. The number of carbonyl (C=O) groups excluding carboxylic acids is 1. The van der Waals surface area contributed by atoms with Crippen LogP contribution in [-0.2, 0) is 4.74 Å². The van der Waals surface area contributed by atoms with Crippen molar-refractivity contribution in [3.05, 3.63) is 53.3 Å². The summed E-state index contributed by atoms with van der Waals surface area (Å²) in [5.41, 5.74) is 2.96. The van der Waals surface area contributed by atoms with E-state index in [1.165, 1.54) is 0 Å². The maximum Gasteiger partial charge on any atom is 0.289 e. The molecule has 196 valence electrons. The molecule has 2 aromatic carbocycles. The molecular formula is C27H34N6O4. The van der Waals surface area contributed by atoms with Gasteiger partial charge in [-0.3, -0.25) is 14.4 Å². The van der Waals surface area contributed by atoms with E-state index in [2.05, 4.69) is 20.6 Å². The van der Waals surface area contributed by atoms with Gasteiger partial charge in [-0.2, -0.15) is 5.10 Å². The molecule has 1 amide bonds. The lowest BCUT2D eigenvalue weighted by atomic mass is 9.98. The number of hydrogen-bond acceptors (Lipinski definition) is 8. The highest BCUT2D eigenvalue weighted by Gasteiger charge is 2.25. The molecule has 0 bridgehead atoms. The van der Waals surface area contributed by atoms with Gasteiger partial charge in [0.05, 0.1) is 45.2 Å². The number of benzene rings is 2. The number of amides is 1. The predicted octanol–water partition coefficient (Wildman–Crippen LogP) is 3.58. The van der Waals surface area contributed by atoms with Crippen LogP contribution in [0.4, 0.5) is 0 Å². The number of aromatic nitrogens is 3. The lowest BCUT2D eigenvalue weighted by molar-refractivity contribution is 0.0397. The first kappa shape index (κ1) is 26.2. The molecule has 1 saturated heterocycles. The Morgan fingerprint density at radius 2 is 1.84 bits per heavy atom. The highest BCUT2D eigenvalue weighted by molar-refractivity contribution is 5.92. The summed E-state index contributed by atoms with van der Waals surface area (Å²) in [7, 11) is 1.57. The van der Waals surface area contributed by atoms with Crippen LogP contribution in [0.3, 0.4) is 0 Å². The lowest BCUT2D eigenvalue weighted by Gasteiger charge is -2.23. The van der Waals surface area contributed by atoms with Gasteiger partial charge in [0.15, 0.2) is 5.82 Å². The molecule has 37 heavy (non-hydrogen) atoms. The molecule has 1 aliphatic heterocycles. The van der Waals surface area contributed by atoms with Gasteiger partial charge in [0.1, 0.15) is 11.5 Å². The number of aromatic hydroxyl groups is 1. The number of nitrogens with one attached hydrogen (secondary N) is 1. The molecule has 3 aromatic rings. The Kier molecular flexibility index (Phi) is 8.08. The van der Waals surface area contributed by atoms with Gasteiger partial charge in [0, 0.05) is 17.8 Å². The minimum atomic E-state index is -0.358. The predicted molar refractivity (Wildman–Crippen MR) is 142 cm³/mol. The molecule has 1 aliphatic rings. The van der Waals surface area contributed by atoms with Crippen molar-refractivity contribution in [3.63, 3.8) is 0 Å². The molecule has 4 rings (SSSR count). The fourth-order valence-electron chi connectivity index (χ4n) is 4.10. The van der Waals surface area contributed by atoms with Crippen LogP contribution < -0.4 is 10.1 Å². The monoisotopic (exact) mass is 506 g/mol. The van der Waals surface area contributed by atoms with Gasteiger partial charge in [-0.25, -0.2) is 0 Å². The van der Waals surface area contributed by atoms with Crippen molar-refractivity contribution in [2.75, 3.05) is 33.4 Å². The minimum Gasteiger partial charge on any atom is -0.507 e. The molecule has 0 unspecified atom stereocenters. The summed E-state index contributed by atoms with van der Waals surface area (Å²) in [6, 6.07) is 10.9. The number of nitrogens with zero attached hydrogens (tertiary/aromatic N) is 5. The molecule has 1 aromatic heterocycles. The van der Waals surface area contributed by atoms with Gasteiger partial charge in [-0.15, -0.1) is 10.2 Å². The molecule has 0 radical (unpaired) electrons. The SMILES string of the molecule is COc1cc(O)c(-c2nnc(C(=O)NC(C)C)n2-c2ccc(/C=N/N3CCOCC3)cc2)cc1C(C)C. The summed E-state index contributed by atoms with van der Waals surface area (Å²) >= 11 is 0. The first-order valence-corrected chi connectivity index (χ1v) is 12.4. The molecule has 2 heterocycles. The van der Waals surface area contributed by atoms with Gasteiger partial charge in [-0.1, -0.05) is 26.0 Å². The number of morpholine rings is 1. The van der Waals surface area contributed by atoms with Gasteiger partial charge in [-0.05, 0) is 49.1 Å². The molecule has 0 atom stereocenters. The first-order chi connectivity index (χ1) is 17.8. The fourth-order valence-corrected chi connectivity index (χ4v) is 4.10. The summed E-state index contributed by atoms with van der Waals surface area (Å²) in [5.74, 6) is 0.831. The number of hydrazone groups is 1. The van der Waals surface area contributed by atoms with Crippen LogP contribution in [0.25, 0.3) is 17.1 Å². The average Bonchev–Trinajstić information content (AvgIpc) is 3.32. The van der Waals surface area contributed by atoms with Crippen molar-refractivity contribution in [2.24, 2.45) is 5.10 Å². The van der Waals surface area contributed by atoms with E-state index in [4.69, 9.17) is 9.47 Å². The van der Waals surface area contributed by atoms with Gasteiger partial charge < -0.3 is 19.9 Å². The summed E-state index contributed by atoms with van der Waals surface area (Å²) in [6.45, 7) is 10.7. The standard InChI is InChI=1S/C27H34N6O4/c1-17(2)21-14-22(23(34)15-24(21)36-5)25-30-31-26(27(35)29-18(3)4)33(25)20-8-6-19(7-9-20)16-28-32-10-12-37-13-11-32/h6-9,14-18,34H,10-13H2,1-5H3,(H,29,35)/b28-16+. The largest absolute Gasteiger partial charge is 0.507 e. The number of ether oxygens (including phenoxy) is 2. The van der Waals surface area contributed by atoms with Crippen LogP contribution in [0.1, 0.15) is 55.4 Å². The van der Waals surface area contributed by atoms with E-state index >= 15 is 0 Å². The second-order valence-electron chi connectivity index (χ2n) is 9.48. The number of rotatable bonds is 8. The summed E-state index contributed by atoms with van der Waals surface area (Å²) in [4.78, 5) is 13.0. The molecule has 2 N–H and O–H groups in total. The maximum absolute atomic E-state index is 13.0. The Labute approximate surface area is 216 Å². The summed E-state index contributed by atoms with van der Waals surface area (Å²) in [6.07, 6.45) is 1.80. The second-order valence-corrected chi connectivity index (χ2v) is 9.48. The van der Waals surface area contributed by atoms with Crippen molar-refractivity contribution in [1.82, 2.24) is 25.1 Å². The first-order valence-electron chi connectivity index (χ1n) is 12.4. The van der Waals surface area contributed by atoms with E-state index < -0.39 is 0 Å². The molecule has 10 heteroatoms. The highest BCUT2D eigenvalue weighted by atomic mass is 16.5. The number of carbonyl (C=O) groups is 1. The molecule has 0 saturated carbocycles. The van der Waals surface area contributed by atoms with Crippen LogP contribution >= 0.6 is 0 Å². The number of methoxy groups -OCH3 is 1. The minimum absolute atomic E-state index is 0.0139. The second kappa shape index (κ2) is 11.4. The van der Waals surface area contributed by atoms with Crippen LogP contribution in [0.2, 0.25) is 0 Å². The Balaban J connectivity index is 1.77. The number of phenols is 1. The Hall–Kier alpha value is -3.92. The average molecular weight is 507 g/mol. The molecule has 0 spiro atoms. The van der Waals surface area contributed by atoms with E-state index in [0.29, 0.717) is 36.0 Å². The third kappa shape index (κ3) is 5.91. The maximum atomic E-state index is 13.0. The third-order valence-electron chi connectivity index (χ3n) is 6.01. The van der Waals surface area contributed by atoms with Gasteiger partial charge >= 0.3 is 0 Å². The molecule has 0 aliphatic carbocycles. The van der Waals surface area contributed by atoms with Crippen molar-refractivity contribution in [3.8, 4) is 28.6 Å². The molecule has 10 nitrogen and oxygen atoms in total. The third-order valence-corrected chi connectivity index (χ3v) is 6.01. The number of hydrogen-bond donors (Lipinski definition) is 2. The topological polar surface area (TPSA) is 114 Å². The van der Waals surface area contributed by atoms with E-state index in [1.807, 2.05) is 63.0 Å². The van der Waals surface area contributed by atoms with Crippen molar-refractivity contribution >= 4 is 12.1 Å². The van der Waals surface area contributed by atoms with E-state index in [-0.39, 0.29) is 29.4 Å². The highest BCUT2D eigenvalue weighted by Crippen LogP contribution is 2.38. The summed E-state index contributed by atoms with van der Waals surface area (Å²) < 4.78 is 12.5. The van der Waals surface area contributed by atoms with Crippen LogP contribution in [0.15, 0.2) is 41.5 Å². The molecular weight excluding hydrogens is 472 g/mol. The normalized spacial score (nSPS) is 14.1. The van der Waals surface area contributed by atoms with Crippen LogP contribution in [-0.4, -0.2) is 76.5 Å². The zero-order chi connectivity index (χ0) is 26.5. The summed E-state index contributed by atoms with van der Waals surface area (Å²) in [5, 5.41) is 28.8. The van der Waals surface area contributed by atoms with Crippen LogP contribution in [0.5, 0.6) is 11.5 Å². The van der Waals surface area contributed by atoms with Crippen molar-refractivity contribution < 1.29 is 19.4 Å². The van der Waals surface area contributed by atoms with Crippen molar-refractivity contribution in [1.29, 1.82) is 0 Å². The Bertz CT molecular complexity index is 1260. The van der Waals surface area contributed by atoms with Crippen LogP contribution in [0, 0.1) is 0 Å². The van der Waals surface area contributed by atoms with E-state index in [9.17, 15) is 9.90 Å². The van der Waals surface area contributed by atoms with E-state index in [1.54, 1.807) is 24.0 Å². The molecule has 1 fully saturated rings.